The lowest BCUT2D eigenvalue weighted by atomic mass is 10.1. The van der Waals surface area contributed by atoms with E-state index in [0.29, 0.717) is 18.7 Å². The first-order valence-corrected chi connectivity index (χ1v) is 7.51. The normalized spacial score (nSPS) is 17.9. The van der Waals surface area contributed by atoms with Gasteiger partial charge >= 0.3 is 5.97 Å². The van der Waals surface area contributed by atoms with E-state index < -0.39 is 5.97 Å². The molecule has 0 saturated carbocycles. The molecule has 0 spiro atoms. The van der Waals surface area contributed by atoms with Crippen molar-refractivity contribution in [2.75, 3.05) is 13.2 Å². The number of nitrogens with one attached hydrogen (secondary N) is 1. The SMILES string of the molecule is CC(C)Cc1c(C(=O)O)nnn1CC(=O)NCC1CCCO1. The van der Waals surface area contributed by atoms with Gasteiger partial charge in [-0.1, -0.05) is 19.1 Å². The summed E-state index contributed by atoms with van der Waals surface area (Å²) in [7, 11) is 0. The van der Waals surface area contributed by atoms with Crippen LogP contribution in [-0.2, 0) is 22.5 Å². The van der Waals surface area contributed by atoms with Crippen LogP contribution in [0.25, 0.3) is 0 Å². The van der Waals surface area contributed by atoms with Crippen molar-refractivity contribution in [3.63, 3.8) is 0 Å². The van der Waals surface area contributed by atoms with Crippen molar-refractivity contribution < 1.29 is 19.4 Å². The predicted octanol–water partition coefficient (Wildman–Crippen LogP) is 0.470. The highest BCUT2D eigenvalue weighted by atomic mass is 16.5. The fourth-order valence-corrected chi connectivity index (χ4v) is 2.44. The molecular formula is C14H22N4O4. The monoisotopic (exact) mass is 310 g/mol. The number of carboxylic acid groups (broad SMARTS) is 1. The van der Waals surface area contributed by atoms with Crippen molar-refractivity contribution in [1.29, 1.82) is 0 Å². The quantitative estimate of drug-likeness (QED) is 0.758. The number of hydrogen-bond acceptors (Lipinski definition) is 5. The van der Waals surface area contributed by atoms with E-state index in [-0.39, 0.29) is 30.2 Å². The second kappa shape index (κ2) is 7.35. The van der Waals surface area contributed by atoms with Gasteiger partial charge in [0.2, 0.25) is 5.91 Å². The minimum Gasteiger partial charge on any atom is -0.476 e. The van der Waals surface area contributed by atoms with E-state index in [2.05, 4.69) is 15.6 Å². The van der Waals surface area contributed by atoms with Crippen LogP contribution >= 0.6 is 0 Å². The lowest BCUT2D eigenvalue weighted by Crippen LogP contribution is -2.34. The van der Waals surface area contributed by atoms with E-state index in [0.717, 1.165) is 19.4 Å². The van der Waals surface area contributed by atoms with Gasteiger partial charge in [0.05, 0.1) is 11.8 Å². The minimum atomic E-state index is -1.12. The third-order valence-electron chi connectivity index (χ3n) is 3.49. The second-order valence-corrected chi connectivity index (χ2v) is 5.88. The number of aromatic carboxylic acids is 1. The van der Waals surface area contributed by atoms with Gasteiger partial charge in [-0.15, -0.1) is 5.10 Å². The van der Waals surface area contributed by atoms with Crippen LogP contribution in [0.3, 0.4) is 0 Å². The maximum Gasteiger partial charge on any atom is 0.358 e. The number of aromatic nitrogens is 3. The Balaban J connectivity index is 1.98. The molecule has 8 heteroatoms. The Hall–Kier alpha value is -1.96. The second-order valence-electron chi connectivity index (χ2n) is 5.88. The number of hydrogen-bond donors (Lipinski definition) is 2. The van der Waals surface area contributed by atoms with Crippen LogP contribution in [0, 0.1) is 5.92 Å². The molecule has 1 unspecified atom stereocenters. The number of carbonyl (C=O) groups excluding carboxylic acids is 1. The average molecular weight is 310 g/mol. The number of rotatable bonds is 7. The Kier molecular flexibility index (Phi) is 5.48. The summed E-state index contributed by atoms with van der Waals surface area (Å²) >= 11 is 0. The van der Waals surface area contributed by atoms with E-state index in [9.17, 15) is 9.59 Å². The Morgan fingerprint density at radius 2 is 2.27 bits per heavy atom. The number of carbonyl (C=O) groups is 2. The molecule has 0 bridgehead atoms. The summed E-state index contributed by atoms with van der Waals surface area (Å²) in [5.41, 5.74) is 0.399. The zero-order chi connectivity index (χ0) is 16.1. The standard InChI is InChI=1S/C14H22N4O4/c1-9(2)6-11-13(14(20)21)16-17-18(11)8-12(19)15-7-10-4-3-5-22-10/h9-10H,3-8H2,1-2H3,(H,15,19)(H,20,21). The van der Waals surface area contributed by atoms with Gasteiger partial charge in [-0.05, 0) is 25.2 Å². The molecule has 1 aromatic heterocycles. The highest BCUT2D eigenvalue weighted by molar-refractivity contribution is 5.86. The molecule has 1 saturated heterocycles. The van der Waals surface area contributed by atoms with Gasteiger partial charge in [0.1, 0.15) is 6.54 Å². The maximum absolute atomic E-state index is 12.0. The summed E-state index contributed by atoms with van der Waals surface area (Å²) in [4.78, 5) is 23.2. The van der Waals surface area contributed by atoms with Gasteiger partial charge in [-0.3, -0.25) is 4.79 Å². The Bertz CT molecular complexity index is 535. The van der Waals surface area contributed by atoms with Crippen LogP contribution in [0.4, 0.5) is 0 Å². The molecular weight excluding hydrogens is 288 g/mol. The first kappa shape index (κ1) is 16.4. The van der Waals surface area contributed by atoms with Crippen molar-refractivity contribution in [1.82, 2.24) is 20.3 Å². The molecule has 22 heavy (non-hydrogen) atoms. The fourth-order valence-electron chi connectivity index (χ4n) is 2.44. The molecule has 0 aromatic carbocycles. The van der Waals surface area contributed by atoms with E-state index >= 15 is 0 Å². The summed E-state index contributed by atoms with van der Waals surface area (Å²) in [5, 5.41) is 19.4. The Labute approximate surface area is 128 Å². The number of carboxylic acids is 1. The number of amides is 1. The summed E-state index contributed by atoms with van der Waals surface area (Å²) in [6.07, 6.45) is 2.55. The number of ether oxygens (including phenoxy) is 1. The molecule has 2 rings (SSSR count). The van der Waals surface area contributed by atoms with E-state index in [4.69, 9.17) is 9.84 Å². The maximum atomic E-state index is 12.0. The topological polar surface area (TPSA) is 106 Å². The van der Waals surface area contributed by atoms with Crippen molar-refractivity contribution in [2.45, 2.75) is 45.8 Å². The smallest absolute Gasteiger partial charge is 0.358 e. The fraction of sp³-hybridized carbons (Fsp3) is 0.714. The lowest BCUT2D eigenvalue weighted by Gasteiger charge is -2.12. The minimum absolute atomic E-state index is 0.0327. The molecule has 1 aromatic rings. The van der Waals surface area contributed by atoms with Crippen molar-refractivity contribution >= 4 is 11.9 Å². The van der Waals surface area contributed by atoms with Gasteiger partial charge in [0, 0.05) is 13.2 Å². The summed E-state index contributed by atoms with van der Waals surface area (Å²) in [6.45, 7) is 5.12. The molecule has 8 nitrogen and oxygen atoms in total. The predicted molar refractivity (Wildman–Crippen MR) is 77.5 cm³/mol. The average Bonchev–Trinajstić information content (AvgIpc) is 3.06. The van der Waals surface area contributed by atoms with Crippen LogP contribution in [0.15, 0.2) is 0 Å². The highest BCUT2D eigenvalue weighted by Crippen LogP contribution is 2.13. The van der Waals surface area contributed by atoms with Gasteiger partial charge in [0.25, 0.3) is 0 Å². The third kappa shape index (κ3) is 4.27. The van der Waals surface area contributed by atoms with Crippen LogP contribution in [0.2, 0.25) is 0 Å². The molecule has 1 fully saturated rings. The summed E-state index contributed by atoms with van der Waals surface area (Å²) in [6, 6.07) is 0. The van der Waals surface area contributed by atoms with Gasteiger partial charge in [-0.25, -0.2) is 9.48 Å². The van der Waals surface area contributed by atoms with Crippen LogP contribution < -0.4 is 5.32 Å². The Morgan fingerprint density at radius 1 is 1.50 bits per heavy atom. The highest BCUT2D eigenvalue weighted by Gasteiger charge is 2.22. The molecule has 2 N–H and O–H groups in total. The van der Waals surface area contributed by atoms with E-state index in [1.54, 1.807) is 0 Å². The molecule has 0 aliphatic carbocycles. The number of nitrogens with zero attached hydrogens (tertiary/aromatic N) is 3. The first-order chi connectivity index (χ1) is 10.5. The van der Waals surface area contributed by atoms with Gasteiger partial charge in [-0.2, -0.15) is 0 Å². The molecule has 1 aliphatic heterocycles. The van der Waals surface area contributed by atoms with Crippen LogP contribution in [0.1, 0.15) is 42.9 Å². The zero-order valence-electron chi connectivity index (χ0n) is 12.9. The lowest BCUT2D eigenvalue weighted by molar-refractivity contribution is -0.122. The molecule has 122 valence electrons. The van der Waals surface area contributed by atoms with Crippen LogP contribution in [0.5, 0.6) is 0 Å². The van der Waals surface area contributed by atoms with Crippen molar-refractivity contribution in [3.05, 3.63) is 11.4 Å². The molecule has 2 heterocycles. The molecule has 0 radical (unpaired) electrons. The summed E-state index contributed by atoms with van der Waals surface area (Å²) in [5.74, 6) is -1.10. The van der Waals surface area contributed by atoms with Gasteiger partial charge in [0.15, 0.2) is 5.69 Å². The van der Waals surface area contributed by atoms with Crippen molar-refractivity contribution in [3.8, 4) is 0 Å². The first-order valence-electron chi connectivity index (χ1n) is 7.51. The van der Waals surface area contributed by atoms with E-state index in [1.165, 1.54) is 4.68 Å². The Morgan fingerprint density at radius 3 is 2.86 bits per heavy atom. The van der Waals surface area contributed by atoms with E-state index in [1.807, 2.05) is 13.8 Å². The van der Waals surface area contributed by atoms with Gasteiger partial charge < -0.3 is 15.2 Å². The zero-order valence-corrected chi connectivity index (χ0v) is 12.9. The molecule has 1 atom stereocenters. The third-order valence-corrected chi connectivity index (χ3v) is 3.49. The largest absolute Gasteiger partial charge is 0.476 e. The summed E-state index contributed by atoms with van der Waals surface area (Å²) < 4.78 is 6.81. The van der Waals surface area contributed by atoms with Crippen molar-refractivity contribution in [2.24, 2.45) is 5.92 Å². The van der Waals surface area contributed by atoms with Crippen LogP contribution in [-0.4, -0.2) is 51.2 Å². The molecule has 1 aliphatic rings. The molecule has 1 amide bonds.